The summed E-state index contributed by atoms with van der Waals surface area (Å²) in [6.45, 7) is 0. The van der Waals surface area contributed by atoms with Crippen molar-refractivity contribution in [2.45, 2.75) is 0 Å². The first-order valence-electron chi connectivity index (χ1n) is 0.655. The Morgan fingerprint density at radius 1 is 1.00 bits per heavy atom. The molecule has 0 radical (unpaired) electrons. The van der Waals surface area contributed by atoms with Gasteiger partial charge in [0, 0.05) is 0 Å². The Morgan fingerprint density at radius 3 is 1.00 bits per heavy atom. The van der Waals surface area contributed by atoms with Crippen molar-refractivity contribution in [1.29, 1.82) is 0 Å². The molecular weight excluding hydrogens is 358 g/mol. The normalized spacial score (nSPS) is 9.00. The molecule has 0 aliphatic rings. The van der Waals surface area contributed by atoms with Crippen LogP contribution in [0.3, 0.4) is 0 Å². The summed E-state index contributed by atoms with van der Waals surface area (Å²) in [6.07, 6.45) is 0. The molecule has 0 aromatic rings. The van der Waals surface area contributed by atoms with E-state index in [1.54, 1.807) is 0 Å². The van der Waals surface area contributed by atoms with Crippen LogP contribution in [0.4, 0.5) is 0 Å². The Kier molecular flexibility index (Phi) is 5.35. The second kappa shape index (κ2) is 3.43. The zero-order chi connectivity index (χ0) is 3.58. The maximum atomic E-state index is 3.31. The predicted molar refractivity (Wildman–Crippen MR) is 33.9 cm³/mol. The predicted octanol–water partition coefficient (Wildman–Crippen LogP) is 1.89. The summed E-state index contributed by atoms with van der Waals surface area (Å²) in [5.41, 5.74) is 0. The van der Waals surface area contributed by atoms with Gasteiger partial charge < -0.3 is 0 Å². The molecule has 0 bridgehead atoms. The molecule has 0 aromatic carbocycles. The zero-order valence-corrected chi connectivity index (χ0v) is 9.76. The van der Waals surface area contributed by atoms with Crippen LogP contribution in [-0.4, -0.2) is 13.1 Å². The van der Waals surface area contributed by atoms with Crippen LogP contribution >= 0.6 is 38.1 Å². The van der Waals surface area contributed by atoms with Gasteiger partial charge in [0.25, 0.3) is 0 Å². The van der Waals surface area contributed by atoms with Gasteiger partial charge in [-0.05, 0) is 0 Å². The Labute approximate surface area is 50.3 Å². The van der Waals surface area contributed by atoms with Crippen molar-refractivity contribution in [3.63, 3.8) is 0 Å². The summed E-state index contributed by atoms with van der Waals surface area (Å²) in [5, 5.41) is 0. The molecule has 0 amide bonds. The minimum absolute atomic E-state index is 1.20. The Morgan fingerprint density at radius 2 is 1.00 bits per heavy atom. The fraction of sp³-hybridized carbons (Fsp3) is 0. The van der Waals surface area contributed by atoms with Gasteiger partial charge in [-0.2, -0.15) is 0 Å². The van der Waals surface area contributed by atoms with E-state index in [0.717, 1.165) is 0 Å². The second-order valence-electron chi connectivity index (χ2n) is 0.247. The third-order valence-corrected chi connectivity index (χ3v) is 0. The summed E-state index contributed by atoms with van der Waals surface area (Å²) < 4.78 is 0. The van der Waals surface area contributed by atoms with E-state index in [2.05, 4.69) is 38.1 Å². The fourth-order valence-corrected chi connectivity index (χ4v) is 0. The van der Waals surface area contributed by atoms with E-state index < -0.39 is 13.1 Å². The zero-order valence-electron chi connectivity index (χ0n) is 1.71. The third kappa shape index (κ3) is 8.87. The average Bonchev–Trinajstić information content (AvgIpc) is 0.811. The van der Waals surface area contributed by atoms with Gasteiger partial charge in [0.05, 0.1) is 0 Å². The number of hydrogen-bond donors (Lipinski definition) is 0. The van der Waals surface area contributed by atoms with Crippen LogP contribution in [0.5, 0.6) is 0 Å². The molecule has 0 N–H and O–H groups in total. The van der Waals surface area contributed by atoms with Crippen LogP contribution in [0.2, 0.25) is 0 Å². The van der Waals surface area contributed by atoms with E-state index in [0.29, 0.717) is 0 Å². The Hall–Kier alpha value is 2.24. The van der Waals surface area contributed by atoms with Crippen molar-refractivity contribution in [3.05, 3.63) is 0 Å². The summed E-state index contributed by atoms with van der Waals surface area (Å²) in [5.74, 6) is 0. The van der Waals surface area contributed by atoms with Crippen molar-refractivity contribution in [2.75, 3.05) is 0 Å². The van der Waals surface area contributed by atoms with Gasteiger partial charge in [0.15, 0.2) is 0 Å². The summed E-state index contributed by atoms with van der Waals surface area (Å²) in [7, 11) is 0. The molecule has 0 fully saturated rings. The molecule has 0 nitrogen and oxygen atoms in total. The van der Waals surface area contributed by atoms with Crippen LogP contribution in [0.15, 0.2) is 0 Å². The van der Waals surface area contributed by atoms with Crippen LogP contribution in [0, 0.1) is 0 Å². The molecule has 0 unspecified atom stereocenters. The van der Waals surface area contributed by atoms with Gasteiger partial charge in [-0.25, -0.2) is 0 Å². The monoisotopic (exact) mass is 358 g/mol. The average molecular weight is 359 g/mol. The molecule has 4 heteroatoms. The summed E-state index contributed by atoms with van der Waals surface area (Å²) in [4.78, 5) is 0. The molecule has 26 valence electrons. The van der Waals surface area contributed by atoms with Crippen molar-refractivity contribution >= 4 is 51.2 Å². The van der Waals surface area contributed by atoms with E-state index in [-0.39, 0.29) is 0 Å². The minimum atomic E-state index is -1.20. The van der Waals surface area contributed by atoms with Crippen LogP contribution in [-0.2, 0) is 0 Å². The van der Waals surface area contributed by atoms with Gasteiger partial charge in [-0.1, -0.05) is 0 Å². The summed E-state index contributed by atoms with van der Waals surface area (Å²) >= 11 is 8.74. The maximum absolute atomic E-state index is 3.31. The van der Waals surface area contributed by atoms with E-state index in [1.165, 1.54) is 0 Å². The van der Waals surface area contributed by atoms with E-state index in [9.17, 15) is 0 Å². The Balaban J connectivity index is 2.32. The van der Waals surface area contributed by atoms with Crippen molar-refractivity contribution in [1.82, 2.24) is 0 Å². The van der Waals surface area contributed by atoms with Crippen molar-refractivity contribution < 1.29 is 0 Å². The van der Waals surface area contributed by atoms with Gasteiger partial charge in [-0.3, -0.25) is 0 Å². The van der Waals surface area contributed by atoms with E-state index in [1.807, 2.05) is 0 Å². The molecule has 0 aliphatic heterocycles. The van der Waals surface area contributed by atoms with Crippen LogP contribution < -0.4 is 0 Å². The van der Waals surface area contributed by atoms with Gasteiger partial charge in [0.1, 0.15) is 0 Å². The van der Waals surface area contributed by atoms with Gasteiger partial charge in [-0.15, -0.1) is 0 Å². The Bertz CT molecular complexity index is 8.00. The van der Waals surface area contributed by atoms with Crippen LogP contribution in [0.25, 0.3) is 0 Å². The first kappa shape index (κ1) is 6.24. The molecule has 0 heterocycles. The molecule has 0 saturated carbocycles. The molecule has 0 saturated heterocycles. The summed E-state index contributed by atoms with van der Waals surface area (Å²) in [6, 6.07) is 0. The molecule has 0 spiro atoms. The fourth-order valence-electron chi connectivity index (χ4n) is 0. The standard InChI is InChI=1S/3BrH.Sn.H/h3*1H;;/q;;;+3;/p-3. The van der Waals surface area contributed by atoms with E-state index in [4.69, 9.17) is 0 Å². The van der Waals surface area contributed by atoms with Gasteiger partial charge >= 0.3 is 51.2 Å². The number of hydrogen-bond acceptors (Lipinski definition) is 0. The van der Waals surface area contributed by atoms with Crippen molar-refractivity contribution in [2.24, 2.45) is 0 Å². The topological polar surface area (TPSA) is 0 Å². The SMILES string of the molecule is [Br][SnH]([Br])[Br]. The molecule has 4 heavy (non-hydrogen) atoms. The first-order valence-corrected chi connectivity index (χ1v) is 22.8. The molecule has 0 aromatic heterocycles. The first-order chi connectivity index (χ1) is 1.73. The van der Waals surface area contributed by atoms with E-state index >= 15 is 0 Å². The van der Waals surface area contributed by atoms with Crippen molar-refractivity contribution in [3.8, 4) is 0 Å². The molecule has 0 aliphatic carbocycles. The number of rotatable bonds is 0. The second-order valence-corrected chi connectivity index (χ2v) is 44.8. The quantitative estimate of drug-likeness (QED) is 0.580. The molecule has 0 rings (SSSR count). The molecule has 0 atom stereocenters. The number of halogens is 3. The third-order valence-electron chi connectivity index (χ3n) is 0. The van der Waals surface area contributed by atoms with Crippen LogP contribution in [0.1, 0.15) is 0 Å². The van der Waals surface area contributed by atoms with Gasteiger partial charge in [0.2, 0.25) is 0 Å². The molecular formula is HBr3Sn.